The first-order valence-corrected chi connectivity index (χ1v) is 7.90. The number of hydrogen-bond acceptors (Lipinski definition) is 6. The Labute approximate surface area is 136 Å². The Bertz CT molecular complexity index is 511. The Morgan fingerprint density at radius 1 is 1.30 bits per heavy atom. The lowest BCUT2D eigenvalue weighted by molar-refractivity contribution is -0.167. The second kappa shape index (κ2) is 7.75. The summed E-state index contributed by atoms with van der Waals surface area (Å²) >= 11 is 0. The fourth-order valence-electron chi connectivity index (χ4n) is 2.07. The van der Waals surface area contributed by atoms with Gasteiger partial charge in [0, 0.05) is 18.1 Å². The lowest BCUT2D eigenvalue weighted by atomic mass is 9.93. The van der Waals surface area contributed by atoms with E-state index in [0.717, 1.165) is 12.0 Å². The largest absolute Gasteiger partial charge is 0.459 e. The lowest BCUT2D eigenvalue weighted by Gasteiger charge is -2.39. The molecule has 23 heavy (non-hydrogen) atoms. The summed E-state index contributed by atoms with van der Waals surface area (Å²) in [5.41, 5.74) is 0.681. The van der Waals surface area contributed by atoms with Gasteiger partial charge in [0.15, 0.2) is 0 Å². The molecule has 2 atom stereocenters. The first-order chi connectivity index (χ1) is 10.9. The number of ether oxygens (including phenoxy) is 4. The van der Waals surface area contributed by atoms with Crippen LogP contribution in [-0.4, -0.2) is 50.1 Å². The molecule has 0 spiro atoms. The van der Waals surface area contributed by atoms with E-state index >= 15 is 0 Å². The highest BCUT2D eigenvalue weighted by Gasteiger charge is 2.38. The summed E-state index contributed by atoms with van der Waals surface area (Å²) < 4.78 is 20.9. The van der Waals surface area contributed by atoms with Crippen molar-refractivity contribution in [1.82, 2.24) is 0 Å². The Morgan fingerprint density at radius 3 is 2.52 bits per heavy atom. The van der Waals surface area contributed by atoms with Crippen LogP contribution in [0.15, 0.2) is 23.3 Å². The Kier molecular flexibility index (Phi) is 5.96. The minimum absolute atomic E-state index is 0.0372. The van der Waals surface area contributed by atoms with Gasteiger partial charge < -0.3 is 18.9 Å². The van der Waals surface area contributed by atoms with Gasteiger partial charge in [-0.2, -0.15) is 0 Å². The highest BCUT2D eigenvalue weighted by molar-refractivity contribution is 5.88. The molecule has 0 radical (unpaired) electrons. The molecule has 0 aromatic heterocycles. The number of esters is 2. The fourth-order valence-corrected chi connectivity index (χ4v) is 2.07. The van der Waals surface area contributed by atoms with E-state index < -0.39 is 17.5 Å². The van der Waals surface area contributed by atoms with Crippen LogP contribution in [0, 0.1) is 0 Å². The minimum Gasteiger partial charge on any atom is -0.459 e. The zero-order valence-corrected chi connectivity index (χ0v) is 13.9. The molecule has 0 amide bonds. The molecule has 2 fully saturated rings. The van der Waals surface area contributed by atoms with Crippen LogP contribution in [0.4, 0.5) is 0 Å². The predicted molar refractivity (Wildman–Crippen MR) is 82.8 cm³/mol. The van der Waals surface area contributed by atoms with Crippen molar-refractivity contribution in [2.75, 3.05) is 26.4 Å². The van der Waals surface area contributed by atoms with Gasteiger partial charge in [-0.15, -0.1) is 0 Å². The molecular formula is C17H24O6. The van der Waals surface area contributed by atoms with Gasteiger partial charge in [-0.25, -0.2) is 9.59 Å². The van der Waals surface area contributed by atoms with Crippen molar-refractivity contribution in [3.8, 4) is 0 Å². The van der Waals surface area contributed by atoms with E-state index in [1.165, 1.54) is 6.08 Å². The number of allylic oxidation sites excluding steroid dienone is 1. The topological polar surface area (TPSA) is 74.4 Å². The summed E-state index contributed by atoms with van der Waals surface area (Å²) in [6.45, 7) is 7.10. The molecule has 2 aliphatic rings. The molecule has 2 heterocycles. The quantitative estimate of drug-likeness (QED) is 0.386. The van der Waals surface area contributed by atoms with Crippen LogP contribution in [0.25, 0.3) is 0 Å². The second-order valence-electron chi connectivity index (χ2n) is 6.00. The highest BCUT2D eigenvalue weighted by Crippen LogP contribution is 2.30. The van der Waals surface area contributed by atoms with Gasteiger partial charge in [0.05, 0.1) is 13.2 Å². The van der Waals surface area contributed by atoms with Crippen LogP contribution in [0.2, 0.25) is 0 Å². The van der Waals surface area contributed by atoms with E-state index in [4.69, 9.17) is 18.9 Å². The Morgan fingerprint density at radius 2 is 2.00 bits per heavy atom. The van der Waals surface area contributed by atoms with Crippen LogP contribution >= 0.6 is 0 Å². The zero-order valence-electron chi connectivity index (χ0n) is 13.9. The van der Waals surface area contributed by atoms with Gasteiger partial charge in [0.2, 0.25) is 0 Å². The third-order valence-electron chi connectivity index (χ3n) is 3.90. The van der Waals surface area contributed by atoms with Crippen LogP contribution < -0.4 is 0 Å². The molecule has 2 rings (SSSR count). The minimum atomic E-state index is -0.719. The van der Waals surface area contributed by atoms with E-state index in [0.29, 0.717) is 25.2 Å². The Hall–Kier alpha value is -1.66. The third-order valence-corrected chi connectivity index (χ3v) is 3.90. The van der Waals surface area contributed by atoms with Crippen LogP contribution in [0.5, 0.6) is 0 Å². The molecule has 2 saturated heterocycles. The van der Waals surface area contributed by atoms with E-state index in [-0.39, 0.29) is 19.3 Å². The monoisotopic (exact) mass is 324 g/mol. The van der Waals surface area contributed by atoms with E-state index in [2.05, 4.69) is 0 Å². The molecule has 0 aromatic rings. The molecule has 128 valence electrons. The van der Waals surface area contributed by atoms with Gasteiger partial charge in [0.1, 0.15) is 24.9 Å². The maximum Gasteiger partial charge on any atom is 0.333 e. The van der Waals surface area contributed by atoms with Crippen LogP contribution in [-0.2, 0) is 28.5 Å². The SMILES string of the molecule is CCC(C)=CC(=O)OCC1(C=C(C)C(=O)OCC2CO2)CCO1. The summed E-state index contributed by atoms with van der Waals surface area (Å²) in [6.07, 6.45) is 4.71. The third kappa shape index (κ3) is 5.48. The molecule has 0 aliphatic carbocycles. The average molecular weight is 324 g/mol. The first-order valence-electron chi connectivity index (χ1n) is 7.90. The number of carbonyl (C=O) groups is 2. The van der Waals surface area contributed by atoms with Crippen molar-refractivity contribution in [3.05, 3.63) is 23.3 Å². The van der Waals surface area contributed by atoms with Crippen LogP contribution in [0.1, 0.15) is 33.6 Å². The zero-order chi connectivity index (χ0) is 16.9. The molecule has 0 bridgehead atoms. The summed E-state index contributed by atoms with van der Waals surface area (Å²) in [6, 6.07) is 0. The smallest absolute Gasteiger partial charge is 0.333 e. The van der Waals surface area contributed by atoms with Crippen molar-refractivity contribution in [2.24, 2.45) is 0 Å². The fraction of sp³-hybridized carbons (Fsp3) is 0.647. The summed E-state index contributed by atoms with van der Waals surface area (Å²) in [5.74, 6) is -0.790. The summed E-state index contributed by atoms with van der Waals surface area (Å²) in [4.78, 5) is 23.6. The van der Waals surface area contributed by atoms with E-state index in [1.807, 2.05) is 13.8 Å². The maximum absolute atomic E-state index is 11.9. The normalized spacial score (nSPS) is 27.2. The standard InChI is InChI=1S/C17H24O6/c1-4-12(2)7-15(18)22-11-17(5-6-23-17)8-13(3)16(19)21-10-14-9-20-14/h7-8,14H,4-6,9-11H2,1-3H3. The van der Waals surface area contributed by atoms with Gasteiger partial charge in [0.25, 0.3) is 0 Å². The summed E-state index contributed by atoms with van der Waals surface area (Å²) in [7, 11) is 0. The van der Waals surface area contributed by atoms with Gasteiger partial charge >= 0.3 is 11.9 Å². The number of rotatable bonds is 8. The Balaban J connectivity index is 1.87. The van der Waals surface area contributed by atoms with Crippen molar-refractivity contribution < 1.29 is 28.5 Å². The maximum atomic E-state index is 11.9. The molecule has 6 nitrogen and oxygen atoms in total. The average Bonchev–Trinajstić information content (AvgIpc) is 3.31. The van der Waals surface area contributed by atoms with Crippen molar-refractivity contribution in [2.45, 2.75) is 45.3 Å². The van der Waals surface area contributed by atoms with Gasteiger partial charge in [-0.1, -0.05) is 12.5 Å². The number of epoxide rings is 1. The lowest BCUT2D eigenvalue weighted by Crippen LogP contribution is -2.47. The van der Waals surface area contributed by atoms with Crippen molar-refractivity contribution >= 4 is 11.9 Å². The summed E-state index contributed by atoms with van der Waals surface area (Å²) in [5, 5.41) is 0. The molecular weight excluding hydrogens is 300 g/mol. The van der Waals surface area contributed by atoms with E-state index in [1.54, 1.807) is 13.0 Å². The molecule has 0 saturated carbocycles. The van der Waals surface area contributed by atoms with Crippen LogP contribution in [0.3, 0.4) is 0 Å². The van der Waals surface area contributed by atoms with Gasteiger partial charge in [-0.3, -0.25) is 0 Å². The molecule has 0 N–H and O–H groups in total. The number of carbonyl (C=O) groups excluding carboxylic acids is 2. The van der Waals surface area contributed by atoms with E-state index in [9.17, 15) is 9.59 Å². The number of hydrogen-bond donors (Lipinski definition) is 0. The predicted octanol–water partition coefficient (Wildman–Crippen LogP) is 1.93. The highest BCUT2D eigenvalue weighted by atomic mass is 16.6. The second-order valence-corrected chi connectivity index (χ2v) is 6.00. The van der Waals surface area contributed by atoms with Gasteiger partial charge in [-0.05, 0) is 26.3 Å². The molecule has 2 unspecified atom stereocenters. The molecule has 2 aliphatic heterocycles. The first kappa shape index (κ1) is 17.7. The molecule has 6 heteroatoms. The van der Waals surface area contributed by atoms with Crippen molar-refractivity contribution in [1.29, 1.82) is 0 Å². The molecule has 0 aromatic carbocycles. The van der Waals surface area contributed by atoms with Crippen molar-refractivity contribution in [3.63, 3.8) is 0 Å².